The maximum atomic E-state index is 6.08. The summed E-state index contributed by atoms with van der Waals surface area (Å²) >= 11 is 0. The van der Waals surface area contributed by atoms with E-state index < -0.39 is 0 Å². The summed E-state index contributed by atoms with van der Waals surface area (Å²) in [5.74, 6) is 1.63. The summed E-state index contributed by atoms with van der Waals surface area (Å²) in [6.07, 6.45) is 3.46. The minimum Gasteiger partial charge on any atom is -0.461 e. The van der Waals surface area contributed by atoms with Crippen LogP contribution in [-0.2, 0) is 11.2 Å². The Morgan fingerprint density at radius 1 is 1.29 bits per heavy atom. The summed E-state index contributed by atoms with van der Waals surface area (Å²) in [4.78, 5) is 0. The van der Waals surface area contributed by atoms with Crippen molar-refractivity contribution in [3.63, 3.8) is 0 Å². The lowest BCUT2D eigenvalue weighted by Gasteiger charge is -2.27. The van der Waals surface area contributed by atoms with Crippen LogP contribution in [-0.4, -0.2) is 19.8 Å². The molecule has 114 valence electrons. The van der Waals surface area contributed by atoms with Crippen molar-refractivity contribution in [3.05, 3.63) is 35.6 Å². The molecule has 3 heteroatoms. The summed E-state index contributed by atoms with van der Waals surface area (Å²) in [6, 6.07) is 8.67. The molecule has 1 aliphatic heterocycles. The molecule has 2 heterocycles. The first-order chi connectivity index (χ1) is 10.3. The summed E-state index contributed by atoms with van der Waals surface area (Å²) in [6.45, 7) is 5.25. The van der Waals surface area contributed by atoms with Gasteiger partial charge in [0.15, 0.2) is 0 Å². The molecule has 0 bridgehead atoms. The van der Waals surface area contributed by atoms with Crippen LogP contribution in [0.5, 0.6) is 0 Å². The molecule has 0 saturated carbocycles. The maximum absolute atomic E-state index is 6.08. The molecule has 21 heavy (non-hydrogen) atoms. The van der Waals surface area contributed by atoms with Crippen LogP contribution in [0.15, 0.2) is 28.7 Å². The monoisotopic (exact) mass is 287 g/mol. The lowest BCUT2D eigenvalue weighted by Crippen LogP contribution is -2.31. The van der Waals surface area contributed by atoms with Crippen molar-refractivity contribution in [1.82, 2.24) is 5.32 Å². The number of ether oxygens (including phenoxy) is 1. The highest BCUT2D eigenvalue weighted by molar-refractivity contribution is 5.82. The average Bonchev–Trinajstić information content (AvgIpc) is 3.13. The van der Waals surface area contributed by atoms with Crippen LogP contribution in [0.4, 0.5) is 0 Å². The predicted octanol–water partition coefficient (Wildman–Crippen LogP) is 4.07. The van der Waals surface area contributed by atoms with Gasteiger partial charge in [-0.15, -0.1) is 0 Å². The van der Waals surface area contributed by atoms with E-state index in [4.69, 9.17) is 9.15 Å². The van der Waals surface area contributed by atoms with Crippen molar-refractivity contribution in [2.24, 2.45) is 5.92 Å². The smallest absolute Gasteiger partial charge is 0.134 e. The van der Waals surface area contributed by atoms with Crippen LogP contribution in [0.3, 0.4) is 0 Å². The zero-order chi connectivity index (χ0) is 14.8. The van der Waals surface area contributed by atoms with Gasteiger partial charge in [0.1, 0.15) is 11.3 Å². The molecule has 1 fully saturated rings. The topological polar surface area (TPSA) is 34.4 Å². The molecule has 3 atom stereocenters. The van der Waals surface area contributed by atoms with Gasteiger partial charge in [-0.25, -0.2) is 0 Å². The fourth-order valence-corrected chi connectivity index (χ4v) is 3.76. The fourth-order valence-electron chi connectivity index (χ4n) is 3.76. The van der Waals surface area contributed by atoms with E-state index in [0.717, 1.165) is 37.2 Å². The first kappa shape index (κ1) is 14.6. The zero-order valence-electron chi connectivity index (χ0n) is 13.2. The molecule has 0 spiro atoms. The Balaban J connectivity index is 2.07. The molecular formula is C18H25NO2. The van der Waals surface area contributed by atoms with Gasteiger partial charge in [-0.3, -0.25) is 0 Å². The van der Waals surface area contributed by atoms with Gasteiger partial charge in [0, 0.05) is 35.9 Å². The molecule has 1 N–H and O–H groups in total. The maximum Gasteiger partial charge on any atom is 0.134 e. The Kier molecular flexibility index (Phi) is 4.32. The van der Waals surface area contributed by atoms with Gasteiger partial charge < -0.3 is 14.5 Å². The molecule has 2 aromatic rings. The Morgan fingerprint density at radius 2 is 2.10 bits per heavy atom. The molecule has 0 radical (unpaired) electrons. The number of fused-ring (bicyclic) bond motifs is 1. The summed E-state index contributed by atoms with van der Waals surface area (Å²) in [5.41, 5.74) is 2.33. The van der Waals surface area contributed by atoms with Gasteiger partial charge in [-0.2, -0.15) is 0 Å². The van der Waals surface area contributed by atoms with E-state index in [1.165, 1.54) is 10.9 Å². The number of rotatable bonds is 5. The standard InChI is InChI=1S/C18H25NO2/c1-4-14-13(10-11-20-14)18(19-3)17-12-8-6-7-9-16(12)21-15(17)5-2/h6-9,13-14,18-19H,4-5,10-11H2,1-3H3. The van der Waals surface area contributed by atoms with E-state index in [9.17, 15) is 0 Å². The Bertz CT molecular complexity index is 604. The Morgan fingerprint density at radius 3 is 2.81 bits per heavy atom. The van der Waals surface area contributed by atoms with E-state index >= 15 is 0 Å². The molecule has 3 unspecified atom stereocenters. The second-order valence-electron chi connectivity index (χ2n) is 5.82. The van der Waals surface area contributed by atoms with Gasteiger partial charge in [-0.05, 0) is 26.0 Å². The number of benzene rings is 1. The van der Waals surface area contributed by atoms with Crippen LogP contribution in [0.1, 0.15) is 44.1 Å². The summed E-state index contributed by atoms with van der Waals surface area (Å²) in [7, 11) is 2.05. The largest absolute Gasteiger partial charge is 0.461 e. The fraction of sp³-hybridized carbons (Fsp3) is 0.556. The highest BCUT2D eigenvalue weighted by atomic mass is 16.5. The van der Waals surface area contributed by atoms with Crippen molar-refractivity contribution < 1.29 is 9.15 Å². The molecule has 1 saturated heterocycles. The Labute approximate surface area is 126 Å². The number of furan rings is 1. The van der Waals surface area contributed by atoms with E-state index in [-0.39, 0.29) is 0 Å². The van der Waals surface area contributed by atoms with E-state index in [2.05, 4.69) is 44.4 Å². The van der Waals surface area contributed by atoms with Gasteiger partial charge in [-0.1, -0.05) is 32.0 Å². The number of hydrogen-bond donors (Lipinski definition) is 1. The van der Waals surface area contributed by atoms with Gasteiger partial charge in [0.2, 0.25) is 0 Å². The van der Waals surface area contributed by atoms with Gasteiger partial charge in [0.05, 0.1) is 6.10 Å². The number of para-hydroxylation sites is 1. The highest BCUT2D eigenvalue weighted by Gasteiger charge is 2.36. The molecule has 1 aromatic carbocycles. The normalized spacial score (nSPS) is 23.8. The number of hydrogen-bond acceptors (Lipinski definition) is 3. The zero-order valence-corrected chi connectivity index (χ0v) is 13.2. The SMILES string of the molecule is CCc1oc2ccccc2c1C(NC)C1CCOC1CC. The van der Waals surface area contributed by atoms with E-state index in [0.29, 0.717) is 18.1 Å². The molecule has 1 aliphatic rings. The van der Waals surface area contributed by atoms with Crippen molar-refractivity contribution in [3.8, 4) is 0 Å². The average molecular weight is 287 g/mol. The van der Waals surface area contributed by atoms with Crippen LogP contribution < -0.4 is 5.32 Å². The minimum atomic E-state index is 0.302. The molecule has 3 rings (SSSR count). The first-order valence-corrected chi connectivity index (χ1v) is 8.09. The third-order valence-electron chi connectivity index (χ3n) is 4.75. The van der Waals surface area contributed by atoms with Crippen molar-refractivity contribution in [2.45, 2.75) is 45.3 Å². The third-order valence-corrected chi connectivity index (χ3v) is 4.75. The lowest BCUT2D eigenvalue weighted by molar-refractivity contribution is 0.0782. The van der Waals surface area contributed by atoms with Gasteiger partial charge in [0.25, 0.3) is 0 Å². The lowest BCUT2D eigenvalue weighted by atomic mass is 9.85. The van der Waals surface area contributed by atoms with Crippen LogP contribution in [0, 0.1) is 5.92 Å². The molecule has 0 amide bonds. The minimum absolute atomic E-state index is 0.302. The van der Waals surface area contributed by atoms with Crippen molar-refractivity contribution >= 4 is 11.0 Å². The molecular weight excluding hydrogens is 262 g/mol. The summed E-state index contributed by atoms with van der Waals surface area (Å²) < 4.78 is 12.0. The second kappa shape index (κ2) is 6.20. The second-order valence-corrected chi connectivity index (χ2v) is 5.82. The molecule has 1 aromatic heterocycles. The Hall–Kier alpha value is -1.32. The van der Waals surface area contributed by atoms with E-state index in [1.807, 2.05) is 6.07 Å². The van der Waals surface area contributed by atoms with Crippen molar-refractivity contribution in [2.75, 3.05) is 13.7 Å². The van der Waals surface area contributed by atoms with Gasteiger partial charge >= 0.3 is 0 Å². The van der Waals surface area contributed by atoms with Crippen LogP contribution >= 0.6 is 0 Å². The first-order valence-electron chi connectivity index (χ1n) is 8.09. The predicted molar refractivity (Wildman–Crippen MR) is 85.5 cm³/mol. The van der Waals surface area contributed by atoms with Crippen LogP contribution in [0.25, 0.3) is 11.0 Å². The number of aryl methyl sites for hydroxylation is 1. The third kappa shape index (κ3) is 2.49. The van der Waals surface area contributed by atoms with Crippen LogP contribution in [0.2, 0.25) is 0 Å². The quantitative estimate of drug-likeness (QED) is 0.900. The van der Waals surface area contributed by atoms with E-state index in [1.54, 1.807) is 0 Å². The number of nitrogens with one attached hydrogen (secondary N) is 1. The van der Waals surface area contributed by atoms with Crippen molar-refractivity contribution in [1.29, 1.82) is 0 Å². The highest BCUT2D eigenvalue weighted by Crippen LogP contribution is 2.40. The molecule has 3 nitrogen and oxygen atoms in total. The molecule has 0 aliphatic carbocycles. The summed E-state index contributed by atoms with van der Waals surface area (Å²) in [5, 5.41) is 4.78.